The summed E-state index contributed by atoms with van der Waals surface area (Å²) in [6.07, 6.45) is 0. The lowest BCUT2D eigenvalue weighted by Crippen LogP contribution is -2.26. The molecule has 0 saturated heterocycles. The standard InChI is InChI=1S/C8H15N5O/c1-4-10-6-5-7(12(2)3)11-8(9)13(6)14/h5,14H,4H2,1-3H3,(H2,9,11). The lowest BCUT2D eigenvalue weighted by Gasteiger charge is -2.12. The van der Waals surface area contributed by atoms with Gasteiger partial charge in [-0.3, -0.25) is 4.99 Å². The van der Waals surface area contributed by atoms with Crippen molar-refractivity contribution in [2.45, 2.75) is 6.92 Å². The predicted molar refractivity (Wildman–Crippen MR) is 54.3 cm³/mol. The first-order valence-corrected chi connectivity index (χ1v) is 4.33. The summed E-state index contributed by atoms with van der Waals surface area (Å²) >= 11 is 0. The molecule has 0 aliphatic carbocycles. The average molecular weight is 197 g/mol. The molecule has 0 bridgehead atoms. The second-order valence-electron chi connectivity index (χ2n) is 3.01. The van der Waals surface area contributed by atoms with Crippen LogP contribution in [0.2, 0.25) is 0 Å². The molecule has 0 aliphatic heterocycles. The Bertz CT molecular complexity index is 382. The lowest BCUT2D eigenvalue weighted by atomic mass is 10.5. The van der Waals surface area contributed by atoms with E-state index in [1.165, 1.54) is 0 Å². The molecule has 0 atom stereocenters. The van der Waals surface area contributed by atoms with E-state index in [0.29, 0.717) is 17.9 Å². The molecule has 0 radical (unpaired) electrons. The second kappa shape index (κ2) is 3.99. The van der Waals surface area contributed by atoms with Gasteiger partial charge in [-0.15, -0.1) is 4.73 Å². The summed E-state index contributed by atoms with van der Waals surface area (Å²) in [5.41, 5.74) is 5.91. The van der Waals surface area contributed by atoms with Gasteiger partial charge in [-0.05, 0) is 6.92 Å². The lowest BCUT2D eigenvalue weighted by molar-refractivity contribution is 0.175. The Balaban J connectivity index is 3.36. The highest BCUT2D eigenvalue weighted by Gasteiger charge is 2.03. The zero-order valence-corrected chi connectivity index (χ0v) is 8.60. The van der Waals surface area contributed by atoms with Crippen molar-refractivity contribution in [3.05, 3.63) is 11.6 Å². The first-order chi connectivity index (χ1) is 6.56. The Kier molecular flexibility index (Phi) is 2.95. The summed E-state index contributed by atoms with van der Waals surface area (Å²) in [6, 6.07) is 1.67. The highest BCUT2D eigenvalue weighted by Crippen LogP contribution is 2.04. The van der Waals surface area contributed by atoms with Gasteiger partial charge in [0.25, 0.3) is 0 Å². The molecule has 0 spiro atoms. The van der Waals surface area contributed by atoms with E-state index in [0.717, 1.165) is 4.73 Å². The van der Waals surface area contributed by atoms with E-state index in [9.17, 15) is 5.21 Å². The topological polar surface area (TPSA) is 79.7 Å². The molecule has 0 aromatic carbocycles. The molecule has 1 aromatic heterocycles. The Morgan fingerprint density at radius 1 is 1.64 bits per heavy atom. The molecule has 3 N–H and O–H groups in total. The van der Waals surface area contributed by atoms with Crippen molar-refractivity contribution in [2.75, 3.05) is 31.3 Å². The van der Waals surface area contributed by atoms with E-state index in [2.05, 4.69) is 9.98 Å². The molecule has 0 saturated carbocycles. The third-order valence-corrected chi connectivity index (χ3v) is 1.70. The first-order valence-electron chi connectivity index (χ1n) is 4.33. The number of nitrogen functional groups attached to an aromatic ring is 1. The van der Waals surface area contributed by atoms with E-state index < -0.39 is 0 Å². The molecule has 1 rings (SSSR count). The number of hydrogen-bond donors (Lipinski definition) is 2. The molecule has 14 heavy (non-hydrogen) atoms. The summed E-state index contributed by atoms with van der Waals surface area (Å²) in [6.45, 7) is 2.46. The SMILES string of the molecule is CCN=c1cc(N(C)C)nc(N)n1O. The number of anilines is 2. The molecule has 0 fully saturated rings. The smallest absolute Gasteiger partial charge is 0.238 e. The average Bonchev–Trinajstić information content (AvgIpc) is 2.12. The fraction of sp³-hybridized carbons (Fsp3) is 0.500. The molecular formula is C8H15N5O. The number of nitrogens with zero attached hydrogens (tertiary/aromatic N) is 4. The highest BCUT2D eigenvalue weighted by atomic mass is 16.5. The van der Waals surface area contributed by atoms with Gasteiger partial charge >= 0.3 is 0 Å². The molecule has 0 amide bonds. The normalized spacial score (nSPS) is 11.8. The van der Waals surface area contributed by atoms with E-state index in [-0.39, 0.29) is 5.95 Å². The fourth-order valence-corrected chi connectivity index (χ4v) is 0.995. The van der Waals surface area contributed by atoms with Gasteiger partial charge in [0.1, 0.15) is 5.82 Å². The van der Waals surface area contributed by atoms with Gasteiger partial charge in [-0.25, -0.2) is 0 Å². The minimum Gasteiger partial charge on any atom is -0.423 e. The van der Waals surface area contributed by atoms with Gasteiger partial charge in [-0.1, -0.05) is 0 Å². The van der Waals surface area contributed by atoms with Gasteiger partial charge in [0.2, 0.25) is 5.95 Å². The Hall–Kier alpha value is -1.72. The molecule has 0 aliphatic rings. The summed E-state index contributed by atoms with van der Waals surface area (Å²) in [7, 11) is 3.69. The zero-order valence-electron chi connectivity index (χ0n) is 8.60. The zero-order chi connectivity index (χ0) is 10.7. The van der Waals surface area contributed by atoms with Crippen molar-refractivity contribution >= 4 is 11.8 Å². The van der Waals surface area contributed by atoms with Crippen molar-refractivity contribution in [1.29, 1.82) is 0 Å². The summed E-state index contributed by atoms with van der Waals surface area (Å²) in [5, 5.41) is 9.45. The highest BCUT2D eigenvalue weighted by molar-refractivity contribution is 5.39. The maximum Gasteiger partial charge on any atom is 0.238 e. The Morgan fingerprint density at radius 3 is 2.79 bits per heavy atom. The quantitative estimate of drug-likeness (QED) is 0.637. The predicted octanol–water partition coefficient (Wildman–Crippen LogP) is -0.311. The number of nitrogens with two attached hydrogens (primary N) is 1. The van der Waals surface area contributed by atoms with Gasteiger partial charge in [0.05, 0.1) is 0 Å². The van der Waals surface area contributed by atoms with Crippen LogP contribution in [-0.4, -0.2) is 35.6 Å². The molecule has 6 nitrogen and oxygen atoms in total. The number of aromatic nitrogens is 2. The molecule has 1 heterocycles. The van der Waals surface area contributed by atoms with Crippen LogP contribution < -0.4 is 16.1 Å². The number of rotatable bonds is 2. The van der Waals surface area contributed by atoms with E-state index >= 15 is 0 Å². The van der Waals surface area contributed by atoms with Crippen LogP contribution >= 0.6 is 0 Å². The van der Waals surface area contributed by atoms with Crippen molar-refractivity contribution < 1.29 is 5.21 Å². The summed E-state index contributed by atoms with van der Waals surface area (Å²) in [5.74, 6) is 0.698. The van der Waals surface area contributed by atoms with E-state index in [1.54, 1.807) is 11.0 Å². The van der Waals surface area contributed by atoms with Gasteiger partial charge in [0, 0.05) is 26.7 Å². The molecule has 78 valence electrons. The number of hydrogen-bond acceptors (Lipinski definition) is 5. The summed E-state index contributed by atoms with van der Waals surface area (Å²) < 4.78 is 0.774. The first kappa shape index (κ1) is 10.4. The third-order valence-electron chi connectivity index (χ3n) is 1.70. The second-order valence-corrected chi connectivity index (χ2v) is 3.01. The van der Waals surface area contributed by atoms with Crippen LogP contribution in [0.4, 0.5) is 11.8 Å². The van der Waals surface area contributed by atoms with Crippen LogP contribution in [0.25, 0.3) is 0 Å². The van der Waals surface area contributed by atoms with E-state index in [4.69, 9.17) is 5.73 Å². The fourth-order valence-electron chi connectivity index (χ4n) is 0.995. The summed E-state index contributed by atoms with van der Waals surface area (Å²) in [4.78, 5) is 9.84. The van der Waals surface area contributed by atoms with Crippen LogP contribution in [0, 0.1) is 0 Å². The molecule has 6 heteroatoms. The van der Waals surface area contributed by atoms with Crippen LogP contribution in [-0.2, 0) is 0 Å². The van der Waals surface area contributed by atoms with Crippen LogP contribution in [0.5, 0.6) is 0 Å². The van der Waals surface area contributed by atoms with E-state index in [1.807, 2.05) is 21.0 Å². The van der Waals surface area contributed by atoms with Gasteiger partial charge in [-0.2, -0.15) is 4.98 Å². The van der Waals surface area contributed by atoms with Crippen molar-refractivity contribution in [1.82, 2.24) is 9.71 Å². The van der Waals surface area contributed by atoms with Crippen LogP contribution in [0.15, 0.2) is 11.1 Å². The van der Waals surface area contributed by atoms with Gasteiger partial charge in [0.15, 0.2) is 5.49 Å². The maximum absolute atomic E-state index is 9.45. The van der Waals surface area contributed by atoms with Crippen molar-refractivity contribution in [3.63, 3.8) is 0 Å². The molecule has 0 unspecified atom stereocenters. The monoisotopic (exact) mass is 197 g/mol. The minimum atomic E-state index is 0.0309. The maximum atomic E-state index is 9.45. The third kappa shape index (κ3) is 1.95. The van der Waals surface area contributed by atoms with Crippen LogP contribution in [0.1, 0.15) is 6.92 Å². The Labute approximate surface area is 82.3 Å². The molecular weight excluding hydrogens is 182 g/mol. The minimum absolute atomic E-state index is 0.0309. The van der Waals surface area contributed by atoms with Crippen molar-refractivity contribution in [2.24, 2.45) is 4.99 Å². The Morgan fingerprint density at radius 2 is 2.29 bits per heavy atom. The molecule has 1 aromatic rings. The van der Waals surface area contributed by atoms with Gasteiger partial charge < -0.3 is 15.8 Å². The largest absolute Gasteiger partial charge is 0.423 e. The van der Waals surface area contributed by atoms with Crippen molar-refractivity contribution in [3.8, 4) is 0 Å². The van der Waals surface area contributed by atoms with Crippen LogP contribution in [0.3, 0.4) is 0 Å².